The van der Waals surface area contributed by atoms with Gasteiger partial charge in [0, 0.05) is 10.9 Å². The van der Waals surface area contributed by atoms with Crippen molar-refractivity contribution in [2.75, 3.05) is 0 Å². The fraction of sp³-hybridized carbons (Fsp3) is 0.174. The molecule has 0 aliphatic heterocycles. The molecular formula is C23H20N2O3S2. The molecule has 3 N–H and O–H groups in total. The van der Waals surface area contributed by atoms with Gasteiger partial charge in [0.25, 0.3) is 0 Å². The predicted molar refractivity (Wildman–Crippen MR) is 124 cm³/mol. The Morgan fingerprint density at radius 1 is 1.10 bits per heavy atom. The highest BCUT2D eigenvalue weighted by molar-refractivity contribution is 7.80. The third-order valence-electron chi connectivity index (χ3n) is 5.23. The van der Waals surface area contributed by atoms with Gasteiger partial charge in [-0.2, -0.15) is 5.10 Å². The lowest BCUT2D eigenvalue weighted by molar-refractivity contribution is 0.0697. The van der Waals surface area contributed by atoms with E-state index in [4.69, 9.17) is 17.3 Å². The summed E-state index contributed by atoms with van der Waals surface area (Å²) in [5, 5.41) is 26.0. The van der Waals surface area contributed by atoms with Crippen LogP contribution >= 0.6 is 23.6 Å². The lowest BCUT2D eigenvalue weighted by Crippen LogP contribution is -2.18. The number of fused-ring (bicyclic) bond motifs is 1. The Morgan fingerprint density at radius 2 is 1.80 bits per heavy atom. The van der Waals surface area contributed by atoms with E-state index in [9.17, 15) is 9.90 Å². The van der Waals surface area contributed by atoms with Crippen molar-refractivity contribution in [2.45, 2.75) is 26.2 Å². The van der Waals surface area contributed by atoms with Gasteiger partial charge in [0.1, 0.15) is 10.7 Å². The fourth-order valence-electron chi connectivity index (χ4n) is 3.55. The number of hydrazone groups is 1. The summed E-state index contributed by atoms with van der Waals surface area (Å²) in [6.45, 7) is 1.80. The Balaban J connectivity index is 1.51. The maximum atomic E-state index is 11.0. The molecule has 7 heteroatoms. The molecule has 2 aromatic carbocycles. The van der Waals surface area contributed by atoms with Crippen molar-refractivity contribution in [1.82, 2.24) is 5.43 Å². The number of thiophene rings is 1. The number of carbonyl (C=O) groups is 1. The topological polar surface area (TPSA) is 81.9 Å². The molecule has 0 unspecified atom stereocenters. The zero-order valence-electron chi connectivity index (χ0n) is 16.3. The van der Waals surface area contributed by atoms with Gasteiger partial charge in [0.15, 0.2) is 0 Å². The van der Waals surface area contributed by atoms with Crippen LogP contribution in [-0.4, -0.2) is 26.9 Å². The molecule has 0 amide bonds. The highest BCUT2D eigenvalue weighted by atomic mass is 32.1. The molecule has 0 spiro atoms. The van der Waals surface area contributed by atoms with Crippen LogP contribution in [0.25, 0.3) is 10.4 Å². The summed E-state index contributed by atoms with van der Waals surface area (Å²) in [4.78, 5) is 12.2. The first-order chi connectivity index (χ1) is 14.4. The number of aromatic hydroxyl groups is 1. The monoisotopic (exact) mass is 436 g/mol. The van der Waals surface area contributed by atoms with Crippen LogP contribution in [0, 0.1) is 0 Å². The molecule has 1 aliphatic carbocycles. The van der Waals surface area contributed by atoms with E-state index in [0.717, 1.165) is 23.3 Å². The summed E-state index contributed by atoms with van der Waals surface area (Å²) in [5.74, 6) is -0.765. The molecule has 0 bridgehead atoms. The number of carboxylic acid groups (broad SMARTS) is 1. The summed E-state index contributed by atoms with van der Waals surface area (Å²) in [6, 6.07) is 12.7. The van der Waals surface area contributed by atoms with Gasteiger partial charge < -0.3 is 10.2 Å². The number of benzene rings is 2. The standard InChI is InChI=1S/C23H20N2O3S2/c1-13(24-25-22(29)15-6-8-16(9-7-15)23(27)28)19-12-30-21(20(19)26)18-10-5-14-3-2-4-17(14)11-18/h5-12,26H,2-4H2,1H3,(H,25,29)(H,27,28)/b24-13+. The summed E-state index contributed by atoms with van der Waals surface area (Å²) in [5.41, 5.74) is 8.76. The van der Waals surface area contributed by atoms with E-state index >= 15 is 0 Å². The number of nitrogens with one attached hydrogen (secondary N) is 1. The molecule has 0 saturated carbocycles. The average Bonchev–Trinajstić information content (AvgIpc) is 3.37. The van der Waals surface area contributed by atoms with Gasteiger partial charge in [-0.05, 0) is 61.1 Å². The summed E-state index contributed by atoms with van der Waals surface area (Å²) in [7, 11) is 0. The predicted octanol–water partition coefficient (Wildman–Crippen LogP) is 5.00. The van der Waals surface area contributed by atoms with E-state index < -0.39 is 5.97 Å². The number of carboxylic acids is 1. The van der Waals surface area contributed by atoms with E-state index in [1.54, 1.807) is 19.1 Å². The molecular weight excluding hydrogens is 416 g/mol. The SMILES string of the molecule is C/C(=N\NC(=S)c1ccc(C(=O)O)cc1)c1csc(-c2ccc3c(c2)CCC3)c1O. The number of aromatic carboxylic acids is 1. The molecule has 0 fully saturated rings. The second kappa shape index (κ2) is 8.38. The second-order valence-corrected chi connectivity index (χ2v) is 8.47. The van der Waals surface area contributed by atoms with Crippen LogP contribution in [0.2, 0.25) is 0 Å². The van der Waals surface area contributed by atoms with Crippen LogP contribution in [0.4, 0.5) is 0 Å². The molecule has 3 aromatic rings. The lowest BCUT2D eigenvalue weighted by atomic mass is 10.0. The van der Waals surface area contributed by atoms with E-state index in [2.05, 4.69) is 28.7 Å². The number of thiocarbonyl (C=S) groups is 1. The molecule has 30 heavy (non-hydrogen) atoms. The minimum atomic E-state index is -0.985. The van der Waals surface area contributed by atoms with Gasteiger partial charge in [-0.15, -0.1) is 11.3 Å². The molecule has 1 heterocycles. The van der Waals surface area contributed by atoms with Gasteiger partial charge in [0.05, 0.1) is 21.7 Å². The largest absolute Gasteiger partial charge is 0.506 e. The van der Waals surface area contributed by atoms with Crippen LogP contribution in [0.15, 0.2) is 52.9 Å². The Kier molecular flexibility index (Phi) is 5.65. The smallest absolute Gasteiger partial charge is 0.335 e. The Morgan fingerprint density at radius 3 is 2.53 bits per heavy atom. The normalized spacial score (nSPS) is 13.2. The van der Waals surface area contributed by atoms with E-state index in [1.807, 2.05) is 5.38 Å². The van der Waals surface area contributed by atoms with Crippen LogP contribution in [0.3, 0.4) is 0 Å². The van der Waals surface area contributed by atoms with Crippen molar-refractivity contribution < 1.29 is 15.0 Å². The van der Waals surface area contributed by atoms with Crippen molar-refractivity contribution in [3.8, 4) is 16.2 Å². The summed E-state index contributed by atoms with van der Waals surface area (Å²) < 4.78 is 0. The van der Waals surface area contributed by atoms with E-state index in [0.29, 0.717) is 21.8 Å². The van der Waals surface area contributed by atoms with Gasteiger partial charge in [-0.1, -0.05) is 36.5 Å². The van der Waals surface area contributed by atoms with Crippen LogP contribution in [0.1, 0.15) is 46.0 Å². The third kappa shape index (κ3) is 3.99. The highest BCUT2D eigenvalue weighted by Gasteiger charge is 2.17. The summed E-state index contributed by atoms with van der Waals surface area (Å²) >= 11 is 6.82. The maximum Gasteiger partial charge on any atom is 0.335 e. The van der Waals surface area contributed by atoms with E-state index in [-0.39, 0.29) is 11.3 Å². The first-order valence-corrected chi connectivity index (χ1v) is 10.8. The molecule has 4 rings (SSSR count). The van der Waals surface area contributed by atoms with Gasteiger partial charge in [-0.25, -0.2) is 4.79 Å². The van der Waals surface area contributed by atoms with Crippen molar-refractivity contribution in [1.29, 1.82) is 0 Å². The minimum absolute atomic E-state index is 0.198. The zero-order chi connectivity index (χ0) is 21.3. The zero-order valence-corrected chi connectivity index (χ0v) is 17.9. The number of nitrogens with zero attached hydrogens (tertiary/aromatic N) is 1. The highest BCUT2D eigenvalue weighted by Crippen LogP contribution is 2.40. The number of aryl methyl sites for hydroxylation is 2. The van der Waals surface area contributed by atoms with Crippen molar-refractivity contribution >= 4 is 40.2 Å². The molecule has 152 valence electrons. The number of rotatable bonds is 5. The van der Waals surface area contributed by atoms with Crippen molar-refractivity contribution in [3.63, 3.8) is 0 Å². The molecule has 0 saturated heterocycles. The Bertz CT molecular complexity index is 1160. The molecule has 5 nitrogen and oxygen atoms in total. The third-order valence-corrected chi connectivity index (χ3v) is 6.58. The maximum absolute atomic E-state index is 11.0. The Labute approximate surface area is 183 Å². The van der Waals surface area contributed by atoms with Crippen molar-refractivity contribution in [2.24, 2.45) is 5.10 Å². The number of hydrogen-bond donors (Lipinski definition) is 3. The van der Waals surface area contributed by atoms with E-state index in [1.165, 1.54) is 41.0 Å². The molecule has 0 atom stereocenters. The first kappa shape index (κ1) is 20.3. The lowest BCUT2D eigenvalue weighted by Gasteiger charge is -2.06. The van der Waals surface area contributed by atoms with Crippen molar-refractivity contribution in [3.05, 3.63) is 75.7 Å². The average molecular weight is 437 g/mol. The van der Waals surface area contributed by atoms with Gasteiger partial charge >= 0.3 is 5.97 Å². The van der Waals surface area contributed by atoms with Crippen LogP contribution in [0.5, 0.6) is 5.75 Å². The molecule has 1 aliphatic rings. The van der Waals surface area contributed by atoms with Crippen LogP contribution < -0.4 is 5.43 Å². The Hall–Kier alpha value is -3.03. The molecule has 0 radical (unpaired) electrons. The van der Waals surface area contributed by atoms with Crippen LogP contribution in [-0.2, 0) is 12.8 Å². The number of hydrogen-bond acceptors (Lipinski definition) is 5. The summed E-state index contributed by atoms with van der Waals surface area (Å²) in [6.07, 6.45) is 3.42. The van der Waals surface area contributed by atoms with Gasteiger partial charge in [0.2, 0.25) is 0 Å². The fourth-order valence-corrected chi connectivity index (χ4v) is 4.73. The second-order valence-electron chi connectivity index (χ2n) is 7.18. The first-order valence-electron chi connectivity index (χ1n) is 9.55. The quantitative estimate of drug-likeness (QED) is 0.298. The minimum Gasteiger partial charge on any atom is -0.506 e. The van der Waals surface area contributed by atoms with Gasteiger partial charge in [-0.3, -0.25) is 5.43 Å². The molecule has 1 aromatic heterocycles.